The van der Waals surface area contributed by atoms with Crippen LogP contribution in [0.4, 0.5) is 10.2 Å². The molecule has 10 heteroatoms. The molecule has 34 heavy (non-hydrogen) atoms. The van der Waals surface area contributed by atoms with Gasteiger partial charge in [0.25, 0.3) is 0 Å². The van der Waals surface area contributed by atoms with E-state index < -0.39 is 27.8 Å². The molecule has 0 spiro atoms. The predicted molar refractivity (Wildman–Crippen MR) is 128 cm³/mol. The van der Waals surface area contributed by atoms with E-state index in [1.54, 1.807) is 68.4 Å². The molecule has 0 radical (unpaired) electrons. The van der Waals surface area contributed by atoms with Crippen LogP contribution in [0.5, 0.6) is 0 Å². The van der Waals surface area contributed by atoms with Crippen LogP contribution in [0.1, 0.15) is 25.5 Å². The van der Waals surface area contributed by atoms with Gasteiger partial charge in [-0.15, -0.1) is 0 Å². The maximum Gasteiger partial charge on any atom is 0.189 e. The molecule has 0 aliphatic rings. The molecule has 4 aromatic rings. The highest BCUT2D eigenvalue weighted by Gasteiger charge is 2.20. The van der Waals surface area contributed by atoms with Gasteiger partial charge in [-0.3, -0.25) is 0 Å². The average Bonchev–Trinajstić information content (AvgIpc) is 3.34. The number of rotatable bonds is 7. The van der Waals surface area contributed by atoms with E-state index in [2.05, 4.69) is 15.1 Å². The molecule has 0 saturated carbocycles. The third kappa shape index (κ3) is 4.55. The van der Waals surface area contributed by atoms with Gasteiger partial charge in [0.2, 0.25) is 0 Å². The smallest absolute Gasteiger partial charge is 0.189 e. The van der Waals surface area contributed by atoms with Gasteiger partial charge in [0, 0.05) is 17.2 Å². The maximum absolute atomic E-state index is 12.8. The molecule has 176 valence electrons. The van der Waals surface area contributed by atoms with Gasteiger partial charge in [-0.2, -0.15) is 0 Å². The Hall–Kier alpha value is -3.63. The lowest BCUT2D eigenvalue weighted by Crippen LogP contribution is -2.13. The van der Waals surface area contributed by atoms with Gasteiger partial charge < -0.3 is 16.0 Å². The number of aromatic nitrogens is 3. The number of alkyl halides is 1. The Morgan fingerprint density at radius 3 is 2.24 bits per heavy atom. The summed E-state index contributed by atoms with van der Waals surface area (Å²) >= 11 is 0. The predicted octanol–water partition coefficient (Wildman–Crippen LogP) is 4.20. The number of hydrogen-bond donors (Lipinski definition) is 2. The average molecular weight is 482 g/mol. The minimum absolute atomic E-state index is 0.162. The second-order valence-electron chi connectivity index (χ2n) is 8.07. The fourth-order valence-electron chi connectivity index (χ4n) is 3.32. The number of hydrogen-bond acceptors (Lipinski definition) is 8. The minimum Gasteiger partial charge on any atom is -0.382 e. The lowest BCUT2D eigenvalue weighted by atomic mass is 10.0. The Morgan fingerprint density at radius 1 is 1.00 bits per heavy atom. The standard InChI is InChI=1S/C24H24FN5O3S/c1-14(2)34(31,32)18-9-7-17(8-10-18)21-13-28-24(27)23(29-21)22-11-20(30-33-22)16-5-3-15(4-6-16)19(26)12-25/h3-11,13-14,19H,12,26H2,1-2H3,(H2,27,28). The highest BCUT2D eigenvalue weighted by atomic mass is 32.2. The first-order valence-corrected chi connectivity index (χ1v) is 12.1. The number of anilines is 1. The zero-order valence-corrected chi connectivity index (χ0v) is 19.5. The molecule has 0 aliphatic heterocycles. The molecule has 1 unspecified atom stereocenters. The van der Waals surface area contributed by atoms with Crippen molar-refractivity contribution < 1.29 is 17.3 Å². The van der Waals surface area contributed by atoms with Gasteiger partial charge in [-0.1, -0.05) is 41.6 Å². The highest BCUT2D eigenvalue weighted by Crippen LogP contribution is 2.30. The first kappa shape index (κ1) is 23.5. The van der Waals surface area contributed by atoms with Crippen LogP contribution in [0.2, 0.25) is 0 Å². The van der Waals surface area contributed by atoms with Gasteiger partial charge in [0.05, 0.1) is 28.1 Å². The highest BCUT2D eigenvalue weighted by molar-refractivity contribution is 7.92. The number of sulfone groups is 1. The fraction of sp³-hybridized carbons (Fsp3) is 0.208. The maximum atomic E-state index is 12.8. The van der Waals surface area contributed by atoms with Crippen LogP contribution in [0.25, 0.3) is 34.0 Å². The molecule has 2 aromatic heterocycles. The number of benzene rings is 2. The molecule has 0 fully saturated rings. The molecule has 2 heterocycles. The zero-order chi connectivity index (χ0) is 24.5. The van der Waals surface area contributed by atoms with E-state index in [4.69, 9.17) is 16.0 Å². The Kier molecular flexibility index (Phi) is 6.45. The van der Waals surface area contributed by atoms with Crippen molar-refractivity contribution >= 4 is 15.7 Å². The van der Waals surface area contributed by atoms with Crippen LogP contribution in [0.3, 0.4) is 0 Å². The number of halogens is 1. The van der Waals surface area contributed by atoms with Crippen molar-refractivity contribution in [1.29, 1.82) is 0 Å². The SMILES string of the molecule is CC(C)S(=O)(=O)c1ccc(-c2cnc(N)c(-c3cc(-c4ccc(C(N)CF)cc4)no3)n2)cc1. The molecule has 0 bridgehead atoms. The van der Waals surface area contributed by atoms with Crippen molar-refractivity contribution in [1.82, 2.24) is 15.1 Å². The summed E-state index contributed by atoms with van der Waals surface area (Å²) in [5.74, 6) is 0.486. The largest absolute Gasteiger partial charge is 0.382 e. The topological polar surface area (TPSA) is 138 Å². The Morgan fingerprint density at radius 2 is 1.62 bits per heavy atom. The first-order chi connectivity index (χ1) is 16.2. The first-order valence-electron chi connectivity index (χ1n) is 10.6. The molecule has 0 saturated heterocycles. The molecular formula is C24H24FN5O3S. The lowest BCUT2D eigenvalue weighted by molar-refractivity contribution is 0.433. The molecule has 2 aromatic carbocycles. The third-order valence-corrected chi connectivity index (χ3v) is 7.61. The van der Waals surface area contributed by atoms with Crippen molar-refractivity contribution in [2.75, 3.05) is 12.4 Å². The number of nitrogens with zero attached hydrogens (tertiary/aromatic N) is 3. The van der Waals surface area contributed by atoms with Crippen LogP contribution >= 0.6 is 0 Å². The minimum atomic E-state index is -3.37. The van der Waals surface area contributed by atoms with Crippen molar-refractivity contribution in [3.63, 3.8) is 0 Å². The third-order valence-electron chi connectivity index (χ3n) is 5.44. The van der Waals surface area contributed by atoms with Crippen LogP contribution in [-0.2, 0) is 9.84 Å². The van der Waals surface area contributed by atoms with Crippen LogP contribution in [0, 0.1) is 0 Å². The van der Waals surface area contributed by atoms with Crippen molar-refractivity contribution in [3.05, 3.63) is 66.4 Å². The molecule has 0 amide bonds. The summed E-state index contributed by atoms with van der Waals surface area (Å²) in [6.07, 6.45) is 1.51. The van der Waals surface area contributed by atoms with Gasteiger partial charge in [-0.25, -0.2) is 22.8 Å². The summed E-state index contributed by atoms with van der Waals surface area (Å²) in [7, 11) is -3.37. The summed E-state index contributed by atoms with van der Waals surface area (Å²) in [6.45, 7) is 2.64. The Balaban J connectivity index is 1.63. The molecule has 0 aliphatic carbocycles. The number of nitrogen functional groups attached to an aromatic ring is 1. The van der Waals surface area contributed by atoms with Gasteiger partial charge in [0.15, 0.2) is 27.1 Å². The van der Waals surface area contributed by atoms with E-state index in [9.17, 15) is 12.8 Å². The van der Waals surface area contributed by atoms with E-state index in [1.165, 1.54) is 6.20 Å². The van der Waals surface area contributed by atoms with Gasteiger partial charge in [0.1, 0.15) is 12.4 Å². The lowest BCUT2D eigenvalue weighted by Gasteiger charge is -2.09. The van der Waals surface area contributed by atoms with Crippen LogP contribution < -0.4 is 11.5 Å². The summed E-state index contributed by atoms with van der Waals surface area (Å²) in [4.78, 5) is 9.02. The quantitative estimate of drug-likeness (QED) is 0.400. The van der Waals surface area contributed by atoms with Crippen molar-refractivity contribution in [2.45, 2.75) is 30.0 Å². The number of nitrogens with two attached hydrogens (primary N) is 2. The van der Waals surface area contributed by atoms with Gasteiger partial charge >= 0.3 is 0 Å². The second kappa shape index (κ2) is 9.32. The van der Waals surface area contributed by atoms with E-state index in [0.29, 0.717) is 34.0 Å². The van der Waals surface area contributed by atoms with Crippen molar-refractivity contribution in [2.24, 2.45) is 5.73 Å². The normalized spacial score (nSPS) is 12.7. The molecule has 1 atom stereocenters. The Bertz CT molecular complexity index is 1400. The zero-order valence-electron chi connectivity index (χ0n) is 18.6. The summed E-state index contributed by atoms with van der Waals surface area (Å²) < 4.78 is 43.0. The summed E-state index contributed by atoms with van der Waals surface area (Å²) in [5, 5.41) is 3.57. The molecule has 4 rings (SSSR count). The van der Waals surface area contributed by atoms with E-state index in [1.807, 2.05) is 0 Å². The van der Waals surface area contributed by atoms with Gasteiger partial charge in [-0.05, 0) is 31.5 Å². The second-order valence-corrected chi connectivity index (χ2v) is 10.6. The van der Waals surface area contributed by atoms with E-state index >= 15 is 0 Å². The van der Waals surface area contributed by atoms with E-state index in [0.717, 1.165) is 5.56 Å². The summed E-state index contributed by atoms with van der Waals surface area (Å²) in [5.41, 5.74) is 15.2. The molecule has 4 N–H and O–H groups in total. The summed E-state index contributed by atoms with van der Waals surface area (Å²) in [6, 6.07) is 14.5. The molecular weight excluding hydrogens is 457 g/mol. The Labute approximate surface area is 196 Å². The van der Waals surface area contributed by atoms with E-state index in [-0.39, 0.29) is 10.7 Å². The molecule has 8 nitrogen and oxygen atoms in total. The van der Waals surface area contributed by atoms with Crippen molar-refractivity contribution in [3.8, 4) is 34.0 Å². The monoisotopic (exact) mass is 481 g/mol. The fourth-order valence-corrected chi connectivity index (χ4v) is 4.38. The van der Waals surface area contributed by atoms with Crippen LogP contribution in [0.15, 0.2) is 70.2 Å². The van der Waals surface area contributed by atoms with Crippen LogP contribution in [-0.4, -0.2) is 35.5 Å².